The van der Waals surface area contributed by atoms with Gasteiger partial charge in [0.05, 0.1) is 31.7 Å². The number of β-amino-alcohol motifs (C(OH)–C–C–N with tert-alkyl or cyclic N) is 1. The summed E-state index contributed by atoms with van der Waals surface area (Å²) < 4.78 is 10.1. The fourth-order valence-electron chi connectivity index (χ4n) is 6.28. The standard InChI is InChI=1S/C39H56N6O9/c1-6-25(4)34(37(50)43-33(24(2)3)38(51)53-5)44-36(49)30-18-13-19-45(30)22-31(46)28(20-26-14-9-7-10-15-26)41-35(48)29(21-32(40)47)42-39(52)54-23-27-16-11-8-12-17-27/h7-12,14-17,24-25,28-31,33-34,46H,6,13,18-23H2,1-5H3,(H2,40,47)(H,41,48)(H,42,52)(H,43,50)(H,44,49)/t25-,28-,29-,30-,31-,33-,34-/m0/s1. The molecule has 7 atom stereocenters. The first kappa shape index (κ1) is 43.4. The molecule has 0 radical (unpaired) electrons. The number of aliphatic hydroxyl groups excluding tert-OH is 1. The molecule has 0 unspecified atom stereocenters. The number of nitrogens with two attached hydrogens (primary N) is 1. The number of primary amides is 1. The molecule has 7 N–H and O–H groups in total. The molecule has 1 aliphatic heterocycles. The lowest BCUT2D eigenvalue weighted by molar-refractivity contribution is -0.147. The molecule has 0 bridgehead atoms. The van der Waals surface area contributed by atoms with Crippen LogP contribution in [-0.4, -0.2) is 102 Å². The number of amides is 5. The highest BCUT2D eigenvalue weighted by Crippen LogP contribution is 2.21. The quantitative estimate of drug-likeness (QED) is 0.107. The third-order valence-electron chi connectivity index (χ3n) is 9.62. The first-order chi connectivity index (χ1) is 25.7. The number of methoxy groups -OCH3 is 1. The van der Waals surface area contributed by atoms with Crippen molar-refractivity contribution in [3.8, 4) is 0 Å². The van der Waals surface area contributed by atoms with Gasteiger partial charge in [0.2, 0.25) is 23.6 Å². The Morgan fingerprint density at radius 3 is 2.07 bits per heavy atom. The number of likely N-dealkylation sites (tertiary alicyclic amines) is 1. The Kier molecular flexibility index (Phi) is 17.4. The number of benzene rings is 2. The van der Waals surface area contributed by atoms with Crippen LogP contribution < -0.4 is 27.0 Å². The second-order valence-corrected chi connectivity index (χ2v) is 14.1. The van der Waals surface area contributed by atoms with Crippen molar-refractivity contribution in [1.29, 1.82) is 0 Å². The van der Waals surface area contributed by atoms with Gasteiger partial charge in [-0.1, -0.05) is 94.8 Å². The van der Waals surface area contributed by atoms with Crippen LogP contribution in [0.2, 0.25) is 0 Å². The van der Waals surface area contributed by atoms with Gasteiger partial charge in [-0.2, -0.15) is 0 Å². The average Bonchev–Trinajstić information content (AvgIpc) is 3.62. The van der Waals surface area contributed by atoms with E-state index in [0.29, 0.717) is 25.8 Å². The second kappa shape index (κ2) is 21.6. The molecule has 0 aromatic heterocycles. The lowest BCUT2D eigenvalue weighted by atomic mass is 9.96. The molecule has 296 valence electrons. The van der Waals surface area contributed by atoms with Crippen molar-refractivity contribution >= 4 is 35.7 Å². The molecule has 1 fully saturated rings. The normalized spacial score (nSPS) is 17.6. The predicted molar refractivity (Wildman–Crippen MR) is 200 cm³/mol. The van der Waals surface area contributed by atoms with Gasteiger partial charge in [-0.15, -0.1) is 0 Å². The zero-order valence-electron chi connectivity index (χ0n) is 31.8. The minimum atomic E-state index is -1.39. The number of aliphatic hydroxyl groups is 1. The van der Waals surface area contributed by atoms with Crippen LogP contribution in [0.15, 0.2) is 60.7 Å². The number of esters is 1. The van der Waals surface area contributed by atoms with Crippen molar-refractivity contribution in [2.45, 2.75) is 103 Å². The number of hydrogen-bond donors (Lipinski definition) is 6. The summed E-state index contributed by atoms with van der Waals surface area (Å²) in [6, 6.07) is 13.3. The van der Waals surface area contributed by atoms with Crippen molar-refractivity contribution in [3.63, 3.8) is 0 Å². The summed E-state index contributed by atoms with van der Waals surface area (Å²) in [6.45, 7) is 7.69. The monoisotopic (exact) mass is 752 g/mol. The molecule has 5 amide bonds. The number of rotatable bonds is 20. The summed E-state index contributed by atoms with van der Waals surface area (Å²) in [5.74, 6) is -3.58. The maximum Gasteiger partial charge on any atom is 0.408 e. The number of carbonyl (C=O) groups is 6. The Balaban J connectivity index is 1.75. The minimum Gasteiger partial charge on any atom is -0.467 e. The van der Waals surface area contributed by atoms with Gasteiger partial charge in [0.15, 0.2) is 0 Å². The van der Waals surface area contributed by atoms with Gasteiger partial charge in [0, 0.05) is 6.54 Å². The number of carbonyl (C=O) groups excluding carboxylic acids is 6. The average molecular weight is 753 g/mol. The Morgan fingerprint density at radius 1 is 0.870 bits per heavy atom. The maximum atomic E-state index is 13.8. The fourth-order valence-corrected chi connectivity index (χ4v) is 6.28. The van der Waals surface area contributed by atoms with E-state index in [1.807, 2.05) is 50.2 Å². The minimum absolute atomic E-state index is 0.0130. The number of alkyl carbamates (subject to hydrolysis) is 1. The molecule has 1 aliphatic rings. The predicted octanol–water partition coefficient (Wildman–Crippen LogP) is 1.55. The van der Waals surface area contributed by atoms with Crippen LogP contribution in [0.5, 0.6) is 0 Å². The van der Waals surface area contributed by atoms with Gasteiger partial charge in [0.25, 0.3) is 0 Å². The van der Waals surface area contributed by atoms with Crippen molar-refractivity contribution in [3.05, 3.63) is 71.8 Å². The smallest absolute Gasteiger partial charge is 0.408 e. The van der Waals surface area contributed by atoms with Gasteiger partial charge >= 0.3 is 12.1 Å². The van der Waals surface area contributed by atoms with E-state index in [1.165, 1.54) is 7.11 Å². The van der Waals surface area contributed by atoms with Gasteiger partial charge in [0.1, 0.15) is 24.7 Å². The van der Waals surface area contributed by atoms with Crippen molar-refractivity contribution in [2.24, 2.45) is 17.6 Å². The molecule has 3 rings (SSSR count). The Morgan fingerprint density at radius 2 is 1.50 bits per heavy atom. The fraction of sp³-hybridized carbons (Fsp3) is 0.538. The lowest BCUT2D eigenvalue weighted by Crippen LogP contribution is -2.59. The van der Waals surface area contributed by atoms with E-state index in [-0.39, 0.29) is 31.4 Å². The van der Waals surface area contributed by atoms with Crippen molar-refractivity contribution in [1.82, 2.24) is 26.2 Å². The molecule has 2 aromatic rings. The van der Waals surface area contributed by atoms with Crippen LogP contribution in [0, 0.1) is 11.8 Å². The highest BCUT2D eigenvalue weighted by Gasteiger charge is 2.38. The third kappa shape index (κ3) is 13.4. The molecule has 0 aliphatic carbocycles. The summed E-state index contributed by atoms with van der Waals surface area (Å²) in [7, 11) is 1.25. The lowest BCUT2D eigenvalue weighted by Gasteiger charge is -2.33. The molecule has 1 heterocycles. The molecule has 2 aromatic carbocycles. The van der Waals surface area contributed by atoms with Gasteiger partial charge in [-0.25, -0.2) is 9.59 Å². The zero-order valence-corrected chi connectivity index (χ0v) is 31.8. The van der Waals surface area contributed by atoms with E-state index in [0.717, 1.165) is 11.1 Å². The maximum absolute atomic E-state index is 13.8. The molecule has 15 heteroatoms. The Labute approximate surface area is 317 Å². The Bertz CT molecular complexity index is 1540. The first-order valence-electron chi connectivity index (χ1n) is 18.4. The number of ether oxygens (including phenoxy) is 2. The SMILES string of the molecule is CC[C@H](C)[C@H](NC(=O)[C@@H]1CCCN1C[C@H](O)[C@H](Cc1ccccc1)NC(=O)[C@H](CC(N)=O)NC(=O)OCc1ccccc1)C(=O)N[C@H](C(=O)OC)C(C)C. The van der Waals surface area contributed by atoms with E-state index in [9.17, 15) is 33.9 Å². The van der Waals surface area contributed by atoms with Crippen LogP contribution in [-0.2, 0) is 46.5 Å². The summed E-state index contributed by atoms with van der Waals surface area (Å²) in [5, 5.41) is 22.5. The van der Waals surface area contributed by atoms with Gasteiger partial charge in [-0.05, 0) is 48.8 Å². The van der Waals surface area contributed by atoms with Crippen molar-refractivity contribution < 1.29 is 43.3 Å². The molecule has 54 heavy (non-hydrogen) atoms. The summed E-state index contributed by atoms with van der Waals surface area (Å²) >= 11 is 0. The highest BCUT2D eigenvalue weighted by atomic mass is 16.5. The molecule has 1 saturated heterocycles. The molecule has 15 nitrogen and oxygen atoms in total. The van der Waals surface area contributed by atoms with Gasteiger partial charge in [-0.3, -0.25) is 24.1 Å². The van der Waals surface area contributed by atoms with Crippen LogP contribution in [0.25, 0.3) is 0 Å². The van der Waals surface area contributed by atoms with E-state index in [4.69, 9.17) is 15.2 Å². The summed E-state index contributed by atoms with van der Waals surface area (Å²) in [5.41, 5.74) is 6.95. The summed E-state index contributed by atoms with van der Waals surface area (Å²) in [6.07, 6.45) is -0.773. The first-order valence-corrected chi connectivity index (χ1v) is 18.4. The van der Waals surface area contributed by atoms with Crippen LogP contribution in [0.1, 0.15) is 64.5 Å². The molecular weight excluding hydrogens is 696 g/mol. The number of nitrogens with zero attached hydrogens (tertiary/aromatic N) is 1. The number of hydrogen-bond acceptors (Lipinski definition) is 10. The van der Waals surface area contributed by atoms with E-state index in [2.05, 4.69) is 21.3 Å². The zero-order chi connectivity index (χ0) is 39.8. The van der Waals surface area contributed by atoms with Crippen LogP contribution in [0.4, 0.5) is 4.79 Å². The summed E-state index contributed by atoms with van der Waals surface area (Å²) in [4.78, 5) is 79.6. The van der Waals surface area contributed by atoms with E-state index < -0.39 is 78.4 Å². The molecule has 0 spiro atoms. The molecule has 0 saturated carbocycles. The highest BCUT2D eigenvalue weighted by molar-refractivity contribution is 5.92. The number of nitrogens with one attached hydrogen (secondary N) is 4. The van der Waals surface area contributed by atoms with E-state index >= 15 is 0 Å². The third-order valence-corrected chi connectivity index (χ3v) is 9.62. The van der Waals surface area contributed by atoms with Gasteiger partial charge < -0.3 is 41.6 Å². The molecular formula is C39H56N6O9. The van der Waals surface area contributed by atoms with Crippen LogP contribution in [0.3, 0.4) is 0 Å². The second-order valence-electron chi connectivity index (χ2n) is 14.1. The largest absolute Gasteiger partial charge is 0.467 e. The Hall–Kier alpha value is -5.02. The van der Waals surface area contributed by atoms with E-state index in [1.54, 1.807) is 43.0 Å². The van der Waals surface area contributed by atoms with Crippen molar-refractivity contribution in [2.75, 3.05) is 20.2 Å². The van der Waals surface area contributed by atoms with Crippen LogP contribution >= 0.6 is 0 Å². The topological polar surface area (TPSA) is 218 Å².